The zero-order chi connectivity index (χ0) is 14.1. The third-order valence-corrected chi connectivity index (χ3v) is 3.11. The Morgan fingerprint density at radius 2 is 1.79 bits per heavy atom. The molecular formula is C18H24O. The van der Waals surface area contributed by atoms with Gasteiger partial charge in [0.2, 0.25) is 0 Å². The van der Waals surface area contributed by atoms with Gasteiger partial charge >= 0.3 is 0 Å². The van der Waals surface area contributed by atoms with Crippen molar-refractivity contribution < 1.29 is 4.79 Å². The summed E-state index contributed by atoms with van der Waals surface area (Å²) < 4.78 is 0. The average Bonchev–Trinajstić information content (AvgIpc) is 2.37. The number of Topliss-reactive ketones (excluding diaryl/α,β-unsaturated/α-hetero) is 1. The Balaban J connectivity index is 2.43. The van der Waals surface area contributed by atoms with E-state index < -0.39 is 0 Å². The number of aryl methyl sites for hydroxylation is 1. The van der Waals surface area contributed by atoms with Crippen LogP contribution in [0.2, 0.25) is 0 Å². The first-order valence-corrected chi connectivity index (χ1v) is 6.98. The molecule has 1 heteroatoms. The first kappa shape index (κ1) is 15.4. The molecule has 1 unspecified atom stereocenters. The molecule has 0 aromatic heterocycles. The van der Waals surface area contributed by atoms with E-state index in [0.717, 1.165) is 18.4 Å². The highest BCUT2D eigenvalue weighted by atomic mass is 16.1. The van der Waals surface area contributed by atoms with Crippen molar-refractivity contribution in [1.82, 2.24) is 0 Å². The van der Waals surface area contributed by atoms with Gasteiger partial charge in [-0.15, -0.1) is 0 Å². The number of hydrogen-bond donors (Lipinski definition) is 0. The van der Waals surface area contributed by atoms with E-state index in [-0.39, 0.29) is 5.78 Å². The van der Waals surface area contributed by atoms with Crippen molar-refractivity contribution in [3.63, 3.8) is 0 Å². The molecule has 1 nitrogen and oxygen atoms in total. The molecule has 0 heterocycles. The maximum Gasteiger partial charge on any atom is 0.134 e. The predicted octanol–water partition coefficient (Wildman–Crippen LogP) is 4.52. The minimum atomic E-state index is 0.218. The minimum Gasteiger partial charge on any atom is -0.300 e. The van der Waals surface area contributed by atoms with E-state index in [9.17, 15) is 4.79 Å². The lowest BCUT2D eigenvalue weighted by molar-refractivity contribution is -0.116. The minimum absolute atomic E-state index is 0.218. The highest BCUT2D eigenvalue weighted by Crippen LogP contribution is 2.12. The van der Waals surface area contributed by atoms with Crippen molar-refractivity contribution in [2.75, 3.05) is 0 Å². The fourth-order valence-corrected chi connectivity index (χ4v) is 1.97. The van der Waals surface area contributed by atoms with Crippen molar-refractivity contribution >= 4 is 5.78 Å². The SMILES string of the molecule is C/C=C\C=C/C(C)CCc1ccc(CC(C)=O)cc1. The average molecular weight is 256 g/mol. The van der Waals surface area contributed by atoms with Crippen molar-refractivity contribution in [3.8, 4) is 0 Å². The van der Waals surface area contributed by atoms with E-state index >= 15 is 0 Å². The van der Waals surface area contributed by atoms with Gasteiger partial charge in [-0.1, -0.05) is 55.5 Å². The first-order valence-electron chi connectivity index (χ1n) is 6.98. The lowest BCUT2D eigenvalue weighted by Crippen LogP contribution is -1.97. The highest BCUT2D eigenvalue weighted by Gasteiger charge is 2.00. The Hall–Kier alpha value is -1.63. The topological polar surface area (TPSA) is 17.1 Å². The third-order valence-electron chi connectivity index (χ3n) is 3.11. The molecule has 1 aromatic carbocycles. The van der Waals surface area contributed by atoms with Crippen LogP contribution in [0, 0.1) is 5.92 Å². The van der Waals surface area contributed by atoms with Crippen LogP contribution in [0.4, 0.5) is 0 Å². The summed E-state index contributed by atoms with van der Waals surface area (Å²) in [5.74, 6) is 0.809. The molecule has 0 aliphatic heterocycles. The van der Waals surface area contributed by atoms with E-state index in [2.05, 4.69) is 49.4 Å². The van der Waals surface area contributed by atoms with Gasteiger partial charge in [0, 0.05) is 6.42 Å². The van der Waals surface area contributed by atoms with Crippen molar-refractivity contribution in [2.45, 2.75) is 40.0 Å². The van der Waals surface area contributed by atoms with Crippen LogP contribution < -0.4 is 0 Å². The molecule has 0 aliphatic carbocycles. The Labute approximate surface area is 117 Å². The van der Waals surface area contributed by atoms with Gasteiger partial charge in [0.1, 0.15) is 5.78 Å². The largest absolute Gasteiger partial charge is 0.300 e. The molecule has 0 radical (unpaired) electrons. The molecule has 1 rings (SSSR count). The summed E-state index contributed by atoms with van der Waals surface area (Å²) in [6.45, 7) is 5.90. The Morgan fingerprint density at radius 1 is 1.16 bits per heavy atom. The lowest BCUT2D eigenvalue weighted by Gasteiger charge is -2.07. The summed E-state index contributed by atoms with van der Waals surface area (Å²) in [7, 11) is 0. The predicted molar refractivity (Wildman–Crippen MR) is 82.3 cm³/mol. The molecule has 0 aliphatic rings. The second-order valence-electron chi connectivity index (χ2n) is 5.12. The molecule has 0 spiro atoms. The van der Waals surface area contributed by atoms with Crippen LogP contribution in [0.15, 0.2) is 48.6 Å². The molecule has 0 saturated heterocycles. The van der Waals surface area contributed by atoms with E-state index in [4.69, 9.17) is 0 Å². The number of allylic oxidation sites excluding steroid dienone is 4. The molecule has 102 valence electrons. The monoisotopic (exact) mass is 256 g/mol. The number of ketones is 1. The summed E-state index contributed by atoms with van der Waals surface area (Å²) in [5.41, 5.74) is 2.45. The normalized spacial score (nSPS) is 13.2. The smallest absolute Gasteiger partial charge is 0.134 e. The van der Waals surface area contributed by atoms with Gasteiger partial charge in [0.25, 0.3) is 0 Å². The highest BCUT2D eigenvalue weighted by molar-refractivity contribution is 5.78. The maximum absolute atomic E-state index is 11.0. The van der Waals surface area contributed by atoms with Crippen LogP contribution >= 0.6 is 0 Å². The molecule has 0 amide bonds. The number of benzene rings is 1. The molecule has 1 atom stereocenters. The van der Waals surface area contributed by atoms with Gasteiger partial charge in [-0.3, -0.25) is 4.79 Å². The van der Waals surface area contributed by atoms with Crippen molar-refractivity contribution in [1.29, 1.82) is 0 Å². The van der Waals surface area contributed by atoms with Gasteiger partial charge in [0.05, 0.1) is 0 Å². The Bertz CT molecular complexity index is 437. The molecule has 0 saturated carbocycles. The van der Waals surface area contributed by atoms with Crippen LogP contribution in [0.25, 0.3) is 0 Å². The molecule has 0 fully saturated rings. The van der Waals surface area contributed by atoms with E-state index in [0.29, 0.717) is 12.3 Å². The zero-order valence-corrected chi connectivity index (χ0v) is 12.2. The Morgan fingerprint density at radius 3 is 2.37 bits per heavy atom. The number of hydrogen-bond acceptors (Lipinski definition) is 1. The summed E-state index contributed by atoms with van der Waals surface area (Å²) in [4.78, 5) is 11.0. The lowest BCUT2D eigenvalue weighted by atomic mass is 9.99. The third kappa shape index (κ3) is 6.76. The van der Waals surface area contributed by atoms with E-state index in [1.54, 1.807) is 6.92 Å². The van der Waals surface area contributed by atoms with Gasteiger partial charge in [0.15, 0.2) is 0 Å². The Kier molecular flexibility index (Phi) is 6.88. The molecule has 0 bridgehead atoms. The summed E-state index contributed by atoms with van der Waals surface area (Å²) in [6.07, 6.45) is 11.2. The van der Waals surface area contributed by atoms with Crippen LogP contribution in [0.5, 0.6) is 0 Å². The molecule has 0 N–H and O–H groups in total. The summed E-state index contributed by atoms with van der Waals surface area (Å²) >= 11 is 0. The van der Waals surface area contributed by atoms with Crippen molar-refractivity contribution in [2.24, 2.45) is 5.92 Å². The second-order valence-corrected chi connectivity index (χ2v) is 5.12. The number of carbonyl (C=O) groups is 1. The van der Waals surface area contributed by atoms with Crippen LogP contribution in [-0.2, 0) is 17.6 Å². The summed E-state index contributed by atoms with van der Waals surface area (Å²) in [6, 6.07) is 8.41. The quantitative estimate of drug-likeness (QED) is 0.656. The molecule has 19 heavy (non-hydrogen) atoms. The fourth-order valence-electron chi connectivity index (χ4n) is 1.97. The maximum atomic E-state index is 11.0. The zero-order valence-electron chi connectivity index (χ0n) is 12.2. The number of carbonyl (C=O) groups excluding carboxylic acids is 1. The number of rotatable bonds is 7. The first-order chi connectivity index (χ1) is 9.11. The van der Waals surface area contributed by atoms with Gasteiger partial charge in [-0.2, -0.15) is 0 Å². The van der Waals surface area contributed by atoms with Crippen LogP contribution in [-0.4, -0.2) is 5.78 Å². The van der Waals surface area contributed by atoms with E-state index in [1.165, 1.54) is 5.56 Å². The van der Waals surface area contributed by atoms with Crippen LogP contribution in [0.3, 0.4) is 0 Å². The second kappa shape index (κ2) is 8.47. The standard InChI is InChI=1S/C18H24O/c1-4-5-6-7-15(2)8-9-17-10-12-18(13-11-17)14-16(3)19/h4-7,10-13,15H,8-9,14H2,1-3H3/b5-4-,7-6-. The summed E-state index contributed by atoms with van der Waals surface area (Å²) in [5, 5.41) is 0. The molecular weight excluding hydrogens is 232 g/mol. The van der Waals surface area contributed by atoms with Crippen molar-refractivity contribution in [3.05, 3.63) is 59.7 Å². The fraction of sp³-hybridized carbons (Fsp3) is 0.389. The van der Waals surface area contributed by atoms with Gasteiger partial charge < -0.3 is 0 Å². The van der Waals surface area contributed by atoms with E-state index in [1.807, 2.05) is 13.0 Å². The van der Waals surface area contributed by atoms with Gasteiger partial charge in [-0.25, -0.2) is 0 Å². The van der Waals surface area contributed by atoms with Gasteiger partial charge in [-0.05, 0) is 43.7 Å². The molecule has 1 aromatic rings. The van der Waals surface area contributed by atoms with Crippen LogP contribution in [0.1, 0.15) is 38.3 Å².